The molecule has 0 aliphatic heterocycles. The molecular weight excluding hydrogens is 353 g/mol. The molecule has 0 spiro atoms. The SMILES string of the molecule is CCCCCCCNCc1ccc(OCc2ccc(Cl)cc2Cl)cc1. The van der Waals surface area contributed by atoms with E-state index in [1.54, 1.807) is 6.07 Å². The van der Waals surface area contributed by atoms with E-state index in [-0.39, 0.29) is 0 Å². The van der Waals surface area contributed by atoms with E-state index in [2.05, 4.69) is 24.4 Å². The summed E-state index contributed by atoms with van der Waals surface area (Å²) in [6.45, 7) is 4.66. The summed E-state index contributed by atoms with van der Waals surface area (Å²) in [5.74, 6) is 0.842. The zero-order valence-electron chi connectivity index (χ0n) is 14.9. The molecule has 0 aliphatic rings. The molecule has 0 aromatic heterocycles. The van der Waals surface area contributed by atoms with Crippen LogP contribution in [0.2, 0.25) is 10.0 Å². The molecule has 0 fully saturated rings. The predicted molar refractivity (Wildman–Crippen MR) is 108 cm³/mol. The van der Waals surface area contributed by atoms with Crippen molar-refractivity contribution in [2.45, 2.75) is 52.2 Å². The van der Waals surface area contributed by atoms with E-state index in [1.807, 2.05) is 24.3 Å². The van der Waals surface area contributed by atoms with Crippen LogP contribution in [0.15, 0.2) is 42.5 Å². The number of nitrogens with one attached hydrogen (secondary N) is 1. The Balaban J connectivity index is 1.69. The van der Waals surface area contributed by atoms with Gasteiger partial charge >= 0.3 is 0 Å². The maximum Gasteiger partial charge on any atom is 0.119 e. The van der Waals surface area contributed by atoms with Crippen LogP contribution in [-0.4, -0.2) is 6.54 Å². The summed E-state index contributed by atoms with van der Waals surface area (Å²) in [6.07, 6.45) is 6.57. The maximum absolute atomic E-state index is 6.16. The lowest BCUT2D eigenvalue weighted by molar-refractivity contribution is 0.306. The number of hydrogen-bond acceptors (Lipinski definition) is 2. The molecule has 1 N–H and O–H groups in total. The number of benzene rings is 2. The van der Waals surface area contributed by atoms with E-state index < -0.39 is 0 Å². The molecule has 0 aliphatic carbocycles. The standard InChI is InChI=1S/C21H27Cl2NO/c1-2-3-4-5-6-13-24-15-17-7-11-20(12-8-17)25-16-18-9-10-19(22)14-21(18)23/h7-12,14,24H,2-6,13,15-16H2,1H3. The summed E-state index contributed by atoms with van der Waals surface area (Å²) in [7, 11) is 0. The Hall–Kier alpha value is -1.22. The van der Waals surface area contributed by atoms with Gasteiger partial charge in [0.15, 0.2) is 0 Å². The molecule has 0 heterocycles. The first-order valence-electron chi connectivity index (χ1n) is 9.05. The van der Waals surface area contributed by atoms with Gasteiger partial charge in [-0.3, -0.25) is 0 Å². The lowest BCUT2D eigenvalue weighted by atomic mass is 10.1. The Kier molecular flexibility index (Phi) is 9.17. The molecule has 0 amide bonds. The molecule has 2 rings (SSSR count). The molecule has 25 heavy (non-hydrogen) atoms. The summed E-state index contributed by atoms with van der Waals surface area (Å²) < 4.78 is 5.80. The molecule has 0 atom stereocenters. The maximum atomic E-state index is 6.16. The average Bonchev–Trinajstić information content (AvgIpc) is 2.61. The highest BCUT2D eigenvalue weighted by Gasteiger charge is 2.03. The zero-order chi connectivity index (χ0) is 17.9. The molecule has 0 radical (unpaired) electrons. The van der Waals surface area contributed by atoms with Crippen LogP contribution in [0.1, 0.15) is 50.2 Å². The fourth-order valence-corrected chi connectivity index (χ4v) is 3.05. The molecule has 0 saturated carbocycles. The fourth-order valence-electron chi connectivity index (χ4n) is 2.59. The summed E-state index contributed by atoms with van der Waals surface area (Å²) in [5.41, 5.74) is 2.20. The van der Waals surface area contributed by atoms with Crippen molar-refractivity contribution in [1.82, 2.24) is 5.32 Å². The molecule has 136 valence electrons. The topological polar surface area (TPSA) is 21.3 Å². The Morgan fingerprint density at radius 2 is 1.68 bits per heavy atom. The number of unbranched alkanes of at least 4 members (excludes halogenated alkanes) is 4. The van der Waals surface area contributed by atoms with Crippen LogP contribution in [0.25, 0.3) is 0 Å². The largest absolute Gasteiger partial charge is 0.489 e. The van der Waals surface area contributed by atoms with Crippen molar-refractivity contribution in [1.29, 1.82) is 0 Å². The van der Waals surface area contributed by atoms with Gasteiger partial charge in [0.25, 0.3) is 0 Å². The molecule has 4 heteroatoms. The van der Waals surface area contributed by atoms with E-state index in [1.165, 1.54) is 37.7 Å². The molecule has 0 saturated heterocycles. The smallest absolute Gasteiger partial charge is 0.119 e. The molecule has 0 bridgehead atoms. The first kappa shape index (κ1) is 20.1. The molecular formula is C21H27Cl2NO. The van der Waals surface area contributed by atoms with Gasteiger partial charge < -0.3 is 10.1 Å². The van der Waals surface area contributed by atoms with Gasteiger partial charge in [0.1, 0.15) is 12.4 Å². The van der Waals surface area contributed by atoms with Gasteiger partial charge in [-0.25, -0.2) is 0 Å². The molecule has 2 aromatic rings. The lowest BCUT2D eigenvalue weighted by Crippen LogP contribution is -2.14. The normalized spacial score (nSPS) is 10.8. The van der Waals surface area contributed by atoms with Crippen molar-refractivity contribution < 1.29 is 4.74 Å². The molecule has 0 unspecified atom stereocenters. The highest BCUT2D eigenvalue weighted by atomic mass is 35.5. The van der Waals surface area contributed by atoms with Gasteiger partial charge in [0.2, 0.25) is 0 Å². The van der Waals surface area contributed by atoms with Crippen molar-refractivity contribution in [2.75, 3.05) is 6.54 Å². The fraction of sp³-hybridized carbons (Fsp3) is 0.429. The van der Waals surface area contributed by atoms with Crippen molar-refractivity contribution >= 4 is 23.2 Å². The Morgan fingerprint density at radius 3 is 2.40 bits per heavy atom. The van der Waals surface area contributed by atoms with Gasteiger partial charge in [-0.1, -0.05) is 74.0 Å². The van der Waals surface area contributed by atoms with E-state index in [9.17, 15) is 0 Å². The van der Waals surface area contributed by atoms with Gasteiger partial charge in [-0.15, -0.1) is 0 Å². The second-order valence-electron chi connectivity index (χ2n) is 6.26. The zero-order valence-corrected chi connectivity index (χ0v) is 16.4. The second-order valence-corrected chi connectivity index (χ2v) is 7.10. The van der Waals surface area contributed by atoms with Crippen molar-refractivity contribution in [2.24, 2.45) is 0 Å². The lowest BCUT2D eigenvalue weighted by Gasteiger charge is -2.09. The minimum Gasteiger partial charge on any atom is -0.489 e. The first-order valence-corrected chi connectivity index (χ1v) is 9.81. The summed E-state index contributed by atoms with van der Waals surface area (Å²) in [6, 6.07) is 13.7. The van der Waals surface area contributed by atoms with Gasteiger partial charge in [0.05, 0.1) is 0 Å². The van der Waals surface area contributed by atoms with Crippen LogP contribution < -0.4 is 10.1 Å². The number of hydrogen-bond donors (Lipinski definition) is 1. The Labute approximate surface area is 161 Å². The van der Waals surface area contributed by atoms with Gasteiger partial charge in [0, 0.05) is 22.2 Å². The third-order valence-corrected chi connectivity index (χ3v) is 4.71. The van der Waals surface area contributed by atoms with Gasteiger partial charge in [-0.2, -0.15) is 0 Å². The average molecular weight is 380 g/mol. The van der Waals surface area contributed by atoms with Gasteiger partial charge in [-0.05, 0) is 42.8 Å². The Morgan fingerprint density at radius 1 is 0.920 bits per heavy atom. The monoisotopic (exact) mass is 379 g/mol. The highest BCUT2D eigenvalue weighted by molar-refractivity contribution is 6.35. The van der Waals surface area contributed by atoms with Crippen LogP contribution in [0.4, 0.5) is 0 Å². The van der Waals surface area contributed by atoms with E-state index >= 15 is 0 Å². The third kappa shape index (κ3) is 7.68. The van der Waals surface area contributed by atoms with Crippen LogP contribution in [0.5, 0.6) is 5.75 Å². The molecule has 2 aromatic carbocycles. The van der Waals surface area contributed by atoms with E-state index in [4.69, 9.17) is 27.9 Å². The van der Waals surface area contributed by atoms with Crippen molar-refractivity contribution in [3.63, 3.8) is 0 Å². The van der Waals surface area contributed by atoms with E-state index in [0.717, 1.165) is 24.4 Å². The highest BCUT2D eigenvalue weighted by Crippen LogP contribution is 2.22. The number of rotatable bonds is 11. The summed E-state index contributed by atoms with van der Waals surface area (Å²) >= 11 is 12.1. The molecule has 2 nitrogen and oxygen atoms in total. The summed E-state index contributed by atoms with van der Waals surface area (Å²) in [4.78, 5) is 0. The van der Waals surface area contributed by atoms with Crippen LogP contribution in [-0.2, 0) is 13.2 Å². The van der Waals surface area contributed by atoms with Crippen molar-refractivity contribution in [3.8, 4) is 5.75 Å². The number of ether oxygens (including phenoxy) is 1. The quantitative estimate of drug-likeness (QED) is 0.442. The van der Waals surface area contributed by atoms with E-state index in [0.29, 0.717) is 16.7 Å². The minimum atomic E-state index is 0.436. The first-order chi connectivity index (χ1) is 12.2. The summed E-state index contributed by atoms with van der Waals surface area (Å²) in [5, 5.41) is 4.76. The third-order valence-electron chi connectivity index (χ3n) is 4.12. The van der Waals surface area contributed by atoms with Crippen LogP contribution in [0.3, 0.4) is 0 Å². The Bertz CT molecular complexity index is 628. The minimum absolute atomic E-state index is 0.436. The second kappa shape index (κ2) is 11.4. The van der Waals surface area contributed by atoms with Crippen LogP contribution in [0, 0.1) is 0 Å². The van der Waals surface area contributed by atoms with Crippen LogP contribution >= 0.6 is 23.2 Å². The predicted octanol–water partition coefficient (Wildman–Crippen LogP) is 6.63. The van der Waals surface area contributed by atoms with Crippen molar-refractivity contribution in [3.05, 3.63) is 63.6 Å². The number of halogens is 2.